The summed E-state index contributed by atoms with van der Waals surface area (Å²) < 4.78 is 37.0. The van der Waals surface area contributed by atoms with Gasteiger partial charge in [-0.1, -0.05) is 24.3 Å². The van der Waals surface area contributed by atoms with E-state index in [2.05, 4.69) is 0 Å². The van der Waals surface area contributed by atoms with Crippen molar-refractivity contribution >= 4 is 22.5 Å². The molecule has 3 rings (SSSR count). The van der Waals surface area contributed by atoms with Crippen LogP contribution in [-0.2, 0) is 4.74 Å². The van der Waals surface area contributed by atoms with Gasteiger partial charge in [0.05, 0.1) is 12.7 Å². The Morgan fingerprint density at radius 3 is 2.31 bits per heavy atom. The molecule has 0 saturated carbocycles. The minimum absolute atomic E-state index is 0.138. The maximum atomic E-state index is 13.6. The summed E-state index contributed by atoms with van der Waals surface area (Å²) in [4.78, 5) is 24.3. The summed E-state index contributed by atoms with van der Waals surface area (Å²) in [5.41, 5.74) is -0.331. The summed E-state index contributed by atoms with van der Waals surface area (Å²) in [7, 11) is 1.41. The Bertz CT molecular complexity index is 998. The fourth-order valence-corrected chi connectivity index (χ4v) is 2.55. The lowest BCUT2D eigenvalue weighted by molar-refractivity contribution is 0.0470. The smallest absolute Gasteiger partial charge is 0.342 e. The van der Waals surface area contributed by atoms with Crippen molar-refractivity contribution in [2.24, 2.45) is 0 Å². The highest BCUT2D eigenvalue weighted by molar-refractivity contribution is 6.02. The number of methoxy groups -OCH3 is 1. The van der Waals surface area contributed by atoms with Gasteiger partial charge in [-0.2, -0.15) is 0 Å². The molecule has 4 nitrogen and oxygen atoms in total. The minimum atomic E-state index is -0.879. The molecular formula is C20H14F2O4. The number of esters is 1. The molecule has 0 bridgehead atoms. The van der Waals surface area contributed by atoms with Crippen molar-refractivity contribution in [3.63, 3.8) is 0 Å². The molecule has 0 atom stereocenters. The molecule has 26 heavy (non-hydrogen) atoms. The molecule has 0 unspecified atom stereocenters. The van der Waals surface area contributed by atoms with Gasteiger partial charge in [0.15, 0.2) is 6.61 Å². The summed E-state index contributed by atoms with van der Waals surface area (Å²) in [6.07, 6.45) is 0. The van der Waals surface area contributed by atoms with Crippen LogP contribution in [0.2, 0.25) is 0 Å². The van der Waals surface area contributed by atoms with E-state index in [0.29, 0.717) is 0 Å². The van der Waals surface area contributed by atoms with Crippen molar-refractivity contribution in [2.75, 3.05) is 13.7 Å². The number of halogens is 2. The number of carbonyl (C=O) groups is 2. The lowest BCUT2D eigenvalue weighted by atomic mass is 10.1. The second kappa shape index (κ2) is 7.31. The molecule has 0 saturated heterocycles. The van der Waals surface area contributed by atoms with Crippen molar-refractivity contribution in [1.82, 2.24) is 0 Å². The Morgan fingerprint density at radius 1 is 0.923 bits per heavy atom. The molecule has 0 radical (unpaired) electrons. The summed E-state index contributed by atoms with van der Waals surface area (Å²) in [5.74, 6) is -2.97. The number of ether oxygens (including phenoxy) is 2. The first-order chi connectivity index (χ1) is 12.5. The maximum Gasteiger partial charge on any atom is 0.342 e. The lowest BCUT2D eigenvalue weighted by Crippen LogP contribution is -2.16. The van der Waals surface area contributed by atoms with Crippen LogP contribution in [0.3, 0.4) is 0 Å². The van der Waals surface area contributed by atoms with Gasteiger partial charge in [-0.3, -0.25) is 4.79 Å². The predicted octanol–water partition coefficient (Wildman–Crippen LogP) is 4.17. The van der Waals surface area contributed by atoms with Crippen molar-refractivity contribution in [1.29, 1.82) is 0 Å². The van der Waals surface area contributed by atoms with Crippen LogP contribution < -0.4 is 4.74 Å². The molecule has 0 N–H and O–H groups in total. The number of fused-ring (bicyclic) bond motifs is 1. The molecule has 0 amide bonds. The zero-order valence-electron chi connectivity index (χ0n) is 13.8. The van der Waals surface area contributed by atoms with Gasteiger partial charge in [0.2, 0.25) is 5.78 Å². The Kier molecular flexibility index (Phi) is 4.93. The number of ketones is 1. The molecule has 0 aliphatic carbocycles. The average Bonchev–Trinajstić information content (AvgIpc) is 2.66. The monoisotopic (exact) mass is 356 g/mol. The lowest BCUT2D eigenvalue weighted by Gasteiger charge is -2.10. The summed E-state index contributed by atoms with van der Waals surface area (Å²) in [6.45, 7) is -0.713. The van der Waals surface area contributed by atoms with Crippen molar-refractivity contribution in [2.45, 2.75) is 0 Å². The SMILES string of the molecule is COc1cc2ccccc2cc1C(=O)OCC(=O)c1cc(F)ccc1F. The van der Waals surface area contributed by atoms with Gasteiger partial charge in [-0.05, 0) is 41.1 Å². The molecule has 6 heteroatoms. The Labute approximate surface area is 148 Å². The maximum absolute atomic E-state index is 13.6. The first-order valence-electron chi connectivity index (χ1n) is 7.72. The third-order valence-electron chi connectivity index (χ3n) is 3.85. The molecule has 0 spiro atoms. The molecule has 132 valence electrons. The summed E-state index contributed by atoms with van der Waals surface area (Å²) in [6, 6.07) is 13.1. The molecule has 3 aromatic carbocycles. The van der Waals surface area contributed by atoms with Crippen LogP contribution in [-0.4, -0.2) is 25.5 Å². The number of benzene rings is 3. The van der Waals surface area contributed by atoms with E-state index in [1.807, 2.05) is 24.3 Å². The predicted molar refractivity (Wildman–Crippen MR) is 91.5 cm³/mol. The molecule has 0 aliphatic heterocycles. The summed E-state index contributed by atoms with van der Waals surface area (Å²) >= 11 is 0. The Hall–Kier alpha value is -3.28. The second-order valence-electron chi connectivity index (χ2n) is 5.52. The van der Waals surface area contributed by atoms with Gasteiger partial charge < -0.3 is 9.47 Å². The third kappa shape index (κ3) is 3.54. The van der Waals surface area contributed by atoms with Crippen LogP contribution in [0, 0.1) is 11.6 Å². The highest BCUT2D eigenvalue weighted by Gasteiger charge is 2.19. The van der Waals surface area contributed by atoms with E-state index in [0.717, 1.165) is 29.0 Å². The largest absolute Gasteiger partial charge is 0.496 e. The molecule has 3 aromatic rings. The van der Waals surface area contributed by atoms with Crippen molar-refractivity contribution in [3.05, 3.63) is 77.4 Å². The Balaban J connectivity index is 1.80. The van der Waals surface area contributed by atoms with Crippen molar-refractivity contribution < 1.29 is 27.8 Å². The number of carbonyl (C=O) groups excluding carboxylic acids is 2. The van der Waals surface area contributed by atoms with E-state index in [1.165, 1.54) is 7.11 Å². The fraction of sp³-hybridized carbons (Fsp3) is 0.100. The first kappa shape index (κ1) is 17.5. The van der Waals surface area contributed by atoms with E-state index in [4.69, 9.17) is 9.47 Å². The van der Waals surface area contributed by atoms with Crippen LogP contribution in [0.4, 0.5) is 8.78 Å². The zero-order valence-corrected chi connectivity index (χ0v) is 13.8. The van der Waals surface area contributed by atoms with Crippen LogP contribution in [0.15, 0.2) is 54.6 Å². The van der Waals surface area contributed by atoms with E-state index < -0.39 is 35.6 Å². The topological polar surface area (TPSA) is 52.6 Å². The van der Waals surface area contributed by atoms with Gasteiger partial charge in [-0.25, -0.2) is 13.6 Å². The van der Waals surface area contributed by atoms with Crippen LogP contribution in [0.5, 0.6) is 5.75 Å². The number of hydrogen-bond acceptors (Lipinski definition) is 4. The van der Waals surface area contributed by atoms with Gasteiger partial charge in [-0.15, -0.1) is 0 Å². The van der Waals surface area contributed by atoms with E-state index in [9.17, 15) is 18.4 Å². The number of rotatable bonds is 5. The number of hydrogen-bond donors (Lipinski definition) is 0. The van der Waals surface area contributed by atoms with E-state index in [-0.39, 0.29) is 11.3 Å². The quantitative estimate of drug-likeness (QED) is 0.509. The van der Waals surface area contributed by atoms with Gasteiger partial charge in [0.25, 0.3) is 0 Å². The van der Waals surface area contributed by atoms with E-state index >= 15 is 0 Å². The van der Waals surface area contributed by atoms with Gasteiger partial charge >= 0.3 is 5.97 Å². The standard InChI is InChI=1S/C20H14F2O4/c1-25-19-9-13-5-3-2-4-12(13)8-16(19)20(24)26-11-18(23)15-10-14(21)6-7-17(15)22/h2-10H,11H2,1H3. The molecule has 0 aromatic heterocycles. The van der Waals surface area contributed by atoms with Gasteiger partial charge in [0.1, 0.15) is 22.9 Å². The normalized spacial score (nSPS) is 10.6. The molecule has 0 fully saturated rings. The molecular weight excluding hydrogens is 342 g/mol. The average molecular weight is 356 g/mol. The molecule has 0 heterocycles. The second-order valence-corrected chi connectivity index (χ2v) is 5.52. The third-order valence-corrected chi connectivity index (χ3v) is 3.85. The first-order valence-corrected chi connectivity index (χ1v) is 7.72. The summed E-state index contributed by atoms with van der Waals surface area (Å²) in [5, 5.41) is 1.67. The van der Waals surface area contributed by atoms with Crippen LogP contribution in [0.1, 0.15) is 20.7 Å². The zero-order chi connectivity index (χ0) is 18.7. The van der Waals surface area contributed by atoms with Crippen LogP contribution >= 0.6 is 0 Å². The van der Waals surface area contributed by atoms with E-state index in [1.54, 1.807) is 12.1 Å². The number of Topliss-reactive ketones (excluding diaryl/α,β-unsaturated/α-hetero) is 1. The highest BCUT2D eigenvalue weighted by Crippen LogP contribution is 2.26. The molecule has 0 aliphatic rings. The van der Waals surface area contributed by atoms with Crippen LogP contribution in [0.25, 0.3) is 10.8 Å². The van der Waals surface area contributed by atoms with Gasteiger partial charge in [0, 0.05) is 0 Å². The Morgan fingerprint density at radius 2 is 1.62 bits per heavy atom. The fourth-order valence-electron chi connectivity index (χ4n) is 2.55. The minimum Gasteiger partial charge on any atom is -0.496 e. The highest BCUT2D eigenvalue weighted by atomic mass is 19.1. The van der Waals surface area contributed by atoms with Crippen molar-refractivity contribution in [3.8, 4) is 5.75 Å².